The van der Waals surface area contributed by atoms with E-state index in [4.69, 9.17) is 53.3 Å². The van der Waals surface area contributed by atoms with Gasteiger partial charge in [0.25, 0.3) is 29.5 Å². The van der Waals surface area contributed by atoms with Crippen LogP contribution in [0.15, 0.2) is 329 Å². The molecule has 0 radical (unpaired) electrons. The summed E-state index contributed by atoms with van der Waals surface area (Å²) in [5.41, 5.74) is 9.75. The minimum absolute atomic E-state index is 0.0183. The zero-order valence-electron chi connectivity index (χ0n) is 67.8. The number of anilines is 5. The van der Waals surface area contributed by atoms with E-state index in [9.17, 15) is 42.4 Å². The number of hydrogen-bond donors (Lipinski definition) is 5. The Morgan fingerprint density at radius 3 is 1.01 bits per heavy atom. The summed E-state index contributed by atoms with van der Waals surface area (Å²) in [6.07, 6.45) is 15.1. The van der Waals surface area contributed by atoms with Gasteiger partial charge in [-0.2, -0.15) is 18.4 Å². The van der Waals surface area contributed by atoms with Gasteiger partial charge in [-0.1, -0.05) is 106 Å². The summed E-state index contributed by atoms with van der Waals surface area (Å²) in [4.78, 5) is 81.9. The maximum Gasteiger partial charge on any atom is 0.416 e. The van der Waals surface area contributed by atoms with Gasteiger partial charge in [-0.3, -0.25) is 48.9 Å². The molecule has 0 saturated carbocycles. The molecule has 5 heterocycles. The van der Waals surface area contributed by atoms with Crippen molar-refractivity contribution < 1.29 is 60.8 Å². The lowest BCUT2D eigenvalue weighted by Crippen LogP contribution is -2.13. The van der Waals surface area contributed by atoms with Crippen molar-refractivity contribution in [2.75, 3.05) is 26.6 Å². The minimum atomic E-state index is -4.59. The van der Waals surface area contributed by atoms with Gasteiger partial charge in [0, 0.05) is 136 Å². The van der Waals surface area contributed by atoms with Gasteiger partial charge in [0.05, 0.1) is 48.2 Å². The molecule has 15 rings (SSSR count). The third-order valence-electron chi connectivity index (χ3n) is 17.2. The monoisotopic (exact) mass is 1830 g/mol. The molecule has 628 valence electrons. The normalized spacial score (nSPS) is 10.3. The number of carbonyl (C=O) groups excluding carboxylic acids is 5. The summed E-state index contributed by atoms with van der Waals surface area (Å²) >= 11 is 14.5. The van der Waals surface area contributed by atoms with Crippen molar-refractivity contribution in [2.24, 2.45) is 0 Å². The molecule has 5 aromatic heterocycles. The largest absolute Gasteiger partial charge is 0.456 e. The summed E-state index contributed by atoms with van der Waals surface area (Å²) in [5, 5.41) is 24.0. The highest BCUT2D eigenvalue weighted by atomic mass is 127. The number of rotatable bonds is 20. The number of benzene rings is 10. The second-order valence-electron chi connectivity index (χ2n) is 27.5. The van der Waals surface area contributed by atoms with Crippen molar-refractivity contribution in [3.63, 3.8) is 0 Å². The van der Waals surface area contributed by atoms with Crippen LogP contribution in [0.4, 0.5) is 41.6 Å². The summed E-state index contributed by atoms with van der Waals surface area (Å²) in [7, 11) is 0. The van der Waals surface area contributed by atoms with Crippen molar-refractivity contribution in [3.8, 4) is 75.9 Å². The van der Waals surface area contributed by atoms with Gasteiger partial charge < -0.3 is 50.3 Å². The van der Waals surface area contributed by atoms with Crippen LogP contribution in [0.25, 0.3) is 0 Å². The van der Waals surface area contributed by atoms with Crippen LogP contribution in [-0.2, 0) is 6.18 Å². The van der Waals surface area contributed by atoms with Gasteiger partial charge in [-0.05, 0) is 245 Å². The van der Waals surface area contributed by atoms with Crippen LogP contribution in [0.3, 0.4) is 0 Å². The van der Waals surface area contributed by atoms with E-state index in [0.29, 0.717) is 118 Å². The fourth-order valence-electron chi connectivity index (χ4n) is 11.5. The zero-order chi connectivity index (χ0) is 89.5. The van der Waals surface area contributed by atoms with E-state index < -0.39 is 17.6 Å². The van der Waals surface area contributed by atoms with E-state index in [-0.39, 0.29) is 40.8 Å². The number of nitrogens with one attached hydrogen (secondary N) is 5. The summed E-state index contributed by atoms with van der Waals surface area (Å²) < 4.78 is 69.0. The lowest BCUT2D eigenvalue weighted by Gasteiger charge is -2.14. The second-order valence-corrected chi connectivity index (χ2v) is 29.6. The van der Waals surface area contributed by atoms with Crippen LogP contribution in [0.2, 0.25) is 10.0 Å². The Bertz CT molecular complexity index is 6290. The van der Waals surface area contributed by atoms with Crippen LogP contribution in [0.1, 0.15) is 96.4 Å². The predicted molar refractivity (Wildman–Crippen MR) is 490 cm³/mol. The number of aromatic nitrogens is 5. The molecule has 126 heavy (non-hydrogen) atoms. The molecule has 0 unspecified atom stereocenters. The van der Waals surface area contributed by atoms with Crippen LogP contribution >= 0.6 is 45.8 Å². The number of hydrogen-bond acceptors (Lipinski definition) is 16. The number of ether oxygens (including phenoxy) is 5. The molecule has 0 aliphatic carbocycles. The zero-order valence-corrected chi connectivity index (χ0v) is 71.5. The van der Waals surface area contributed by atoms with Gasteiger partial charge in [-0.15, -0.1) is 6.42 Å². The first kappa shape index (κ1) is 91.2. The van der Waals surface area contributed by atoms with E-state index in [1.165, 1.54) is 18.5 Å². The van der Waals surface area contributed by atoms with Crippen LogP contribution < -0.4 is 50.3 Å². The quantitative estimate of drug-likeness (QED) is 0.0350. The first-order chi connectivity index (χ1) is 60.7. The highest BCUT2D eigenvalue weighted by Crippen LogP contribution is 2.37. The minimum Gasteiger partial charge on any atom is -0.456 e. The van der Waals surface area contributed by atoms with Crippen molar-refractivity contribution in [1.82, 2.24) is 24.9 Å². The fourth-order valence-corrected chi connectivity index (χ4v) is 12.6. The molecular formula is C99H75Cl2F3IN11O10. The smallest absolute Gasteiger partial charge is 0.416 e. The Hall–Kier alpha value is -15.6. The standard InChI is InChI=1S/C21H15ClN2O2.C20H15F3N2O2.C20H15N3O2.C19H15ClN2O2.C19H15IN2O2/c1-3-15-5-4-6-16(9-15)21(25)24-18-10-17(22)11-20(12-18)26-19-8-7-14(2)23-13-19;1-13-4-2-5-14(8-13)19(26)25-16-9-15(20(21,22)23)10-18(11-16)27-17-6-3-7-24-12-17;1-14-4-2-5-16(8-14)20(24)23-17-9-15(12-21)10-19(11-17)25-18-6-3-7-22-13-18;2*1-13-4-2-5-14(8-13)19(23)22-16-9-15(20)10-18(11-16)24-17-6-3-7-21-12-17/h1,4-13H,2H3,(H,24,25);2-12H,1H3,(H,25,26);2-11,13H,1H3,(H,23,24);2*2-12H,1H3,(H,22,23). The van der Waals surface area contributed by atoms with Crippen LogP contribution in [0, 0.1) is 61.9 Å². The van der Waals surface area contributed by atoms with Crippen molar-refractivity contribution in [1.29, 1.82) is 5.26 Å². The summed E-state index contributed by atoms with van der Waals surface area (Å²) in [6.45, 7) is 9.54. The van der Waals surface area contributed by atoms with E-state index in [1.807, 2.05) is 126 Å². The topological polar surface area (TPSA) is 280 Å². The molecule has 0 aliphatic heterocycles. The number of aryl methyl sites for hydroxylation is 5. The lowest BCUT2D eigenvalue weighted by molar-refractivity contribution is -0.137. The Morgan fingerprint density at radius 1 is 0.349 bits per heavy atom. The number of carbonyl (C=O) groups is 5. The average Bonchev–Trinajstić information content (AvgIpc) is 0.813. The van der Waals surface area contributed by atoms with Gasteiger partial charge in [0.2, 0.25) is 0 Å². The van der Waals surface area contributed by atoms with Crippen molar-refractivity contribution in [3.05, 3.63) is 415 Å². The Balaban J connectivity index is 0.000000153. The van der Waals surface area contributed by atoms with E-state index >= 15 is 0 Å². The van der Waals surface area contributed by atoms with E-state index in [1.54, 1.807) is 207 Å². The lowest BCUT2D eigenvalue weighted by atomic mass is 10.1. The number of nitriles is 1. The molecule has 27 heteroatoms. The SMILES string of the molecule is C#Cc1cccc(C(=O)Nc2cc(Cl)cc(Oc3ccc(C)nc3)c2)c1.Cc1cccc(C(=O)Nc2cc(C#N)cc(Oc3cccnc3)c2)c1.Cc1cccc(C(=O)Nc2cc(Cl)cc(Oc3cccnc3)c2)c1.Cc1cccc(C(=O)Nc2cc(I)cc(Oc3cccnc3)c2)c1.Cc1cccc(C(=O)Nc2cc(Oc3cccnc3)cc(C(F)(F)F)c2)c1. The third kappa shape index (κ3) is 29.4. The highest BCUT2D eigenvalue weighted by molar-refractivity contribution is 14.1. The predicted octanol–water partition coefficient (Wildman–Crippen LogP) is 25.0. The molecule has 10 aromatic carbocycles. The van der Waals surface area contributed by atoms with Crippen LogP contribution in [0.5, 0.6) is 57.5 Å². The Kier molecular flexibility index (Phi) is 32.4. The maximum absolute atomic E-state index is 13.2. The number of terminal acetylenes is 1. The number of amides is 5. The molecule has 0 fully saturated rings. The number of pyridine rings is 5. The average molecular weight is 1830 g/mol. The highest BCUT2D eigenvalue weighted by Gasteiger charge is 2.32. The third-order valence-corrected chi connectivity index (χ3v) is 18.2. The Labute approximate surface area is 747 Å². The maximum atomic E-state index is 13.2. The summed E-state index contributed by atoms with van der Waals surface area (Å²) in [6, 6.07) is 79.0. The Morgan fingerprint density at radius 2 is 0.675 bits per heavy atom. The number of nitrogens with zero attached hydrogens (tertiary/aromatic N) is 6. The van der Waals surface area contributed by atoms with Gasteiger partial charge >= 0.3 is 6.18 Å². The van der Waals surface area contributed by atoms with Crippen LogP contribution in [-0.4, -0.2) is 54.5 Å². The van der Waals surface area contributed by atoms with E-state index in [2.05, 4.69) is 86.1 Å². The molecule has 15 aromatic rings. The first-order valence-corrected chi connectivity index (χ1v) is 40.0. The van der Waals surface area contributed by atoms with Gasteiger partial charge in [0.15, 0.2) is 0 Å². The molecule has 0 aliphatic rings. The molecule has 0 bridgehead atoms. The molecule has 0 saturated heterocycles. The first-order valence-electron chi connectivity index (χ1n) is 38.2. The molecule has 21 nitrogen and oxygen atoms in total. The molecular weight excluding hydrogens is 1760 g/mol. The second kappa shape index (κ2) is 44.8. The summed E-state index contributed by atoms with van der Waals surface area (Å²) in [5.74, 6) is 5.84. The van der Waals surface area contributed by atoms with Gasteiger partial charge in [0.1, 0.15) is 57.5 Å². The number of alkyl halides is 3. The van der Waals surface area contributed by atoms with Gasteiger partial charge in [-0.25, -0.2) is 0 Å². The molecule has 0 atom stereocenters. The van der Waals surface area contributed by atoms with E-state index in [0.717, 1.165) is 43.7 Å². The fraction of sp³-hybridized carbons (Fsp3) is 0.0606. The number of halogens is 6. The van der Waals surface area contributed by atoms with Crippen molar-refractivity contribution >= 4 is 104 Å². The molecule has 5 amide bonds. The molecule has 5 N–H and O–H groups in total. The molecule has 0 spiro atoms. The van der Waals surface area contributed by atoms with Crippen molar-refractivity contribution in [2.45, 2.75) is 40.8 Å².